The van der Waals surface area contributed by atoms with Gasteiger partial charge in [0, 0.05) is 18.7 Å². The molecular weight excluding hydrogens is 316 g/mol. The summed E-state index contributed by atoms with van der Waals surface area (Å²) in [6, 6.07) is 7.51. The molecule has 1 atom stereocenters. The van der Waals surface area contributed by atoms with Crippen LogP contribution in [0.25, 0.3) is 10.9 Å². The fourth-order valence-electron chi connectivity index (χ4n) is 2.67. The minimum Gasteiger partial charge on any atom is -0.491 e. The number of ether oxygens (including phenoxy) is 2. The van der Waals surface area contributed by atoms with E-state index in [4.69, 9.17) is 9.47 Å². The van der Waals surface area contributed by atoms with Crippen molar-refractivity contribution < 1.29 is 14.3 Å². The quantitative estimate of drug-likeness (QED) is 0.770. The molecule has 0 spiro atoms. The van der Waals surface area contributed by atoms with Crippen molar-refractivity contribution in [2.45, 2.75) is 46.1 Å². The number of fused-ring (bicyclic) bond motifs is 1. The molecule has 0 saturated carbocycles. The third-order valence-electron chi connectivity index (χ3n) is 4.21. The third kappa shape index (κ3) is 4.48. The first-order valence-corrected chi connectivity index (χ1v) is 8.78. The van der Waals surface area contributed by atoms with Crippen LogP contribution in [0, 0.1) is 5.92 Å². The Morgan fingerprint density at radius 3 is 2.72 bits per heavy atom. The maximum atomic E-state index is 12.7. The predicted molar refractivity (Wildman–Crippen MR) is 101 cm³/mol. The van der Waals surface area contributed by atoms with Crippen molar-refractivity contribution in [2.75, 3.05) is 19.0 Å². The fourth-order valence-corrected chi connectivity index (χ4v) is 2.67. The highest BCUT2D eigenvalue weighted by atomic mass is 16.5. The standard InChI is InChI=1S/C20H28N2O3/c1-6-11-20(4,24-5)19(23)22-16-9-10-17(25-13-14(2)3)18-15(16)8-7-12-21-18/h7-10,12,14H,6,11,13H2,1-5H3,(H,22,23)/t20-/m0/s1. The Bertz CT molecular complexity index is 730. The number of pyridine rings is 1. The highest BCUT2D eigenvalue weighted by Gasteiger charge is 2.32. The van der Waals surface area contributed by atoms with E-state index in [1.807, 2.05) is 38.1 Å². The number of carbonyl (C=O) groups is 1. The minimum absolute atomic E-state index is 0.155. The zero-order chi connectivity index (χ0) is 18.4. The zero-order valence-electron chi connectivity index (χ0n) is 15.8. The molecule has 0 bridgehead atoms. The monoisotopic (exact) mass is 344 g/mol. The number of aromatic nitrogens is 1. The van der Waals surface area contributed by atoms with Crippen LogP contribution in [0.1, 0.15) is 40.5 Å². The van der Waals surface area contributed by atoms with E-state index in [2.05, 4.69) is 24.1 Å². The third-order valence-corrected chi connectivity index (χ3v) is 4.21. The van der Waals surface area contributed by atoms with Crippen LogP contribution in [0.2, 0.25) is 0 Å². The zero-order valence-corrected chi connectivity index (χ0v) is 15.8. The number of benzene rings is 1. The van der Waals surface area contributed by atoms with E-state index >= 15 is 0 Å². The molecule has 1 aromatic heterocycles. The largest absolute Gasteiger partial charge is 0.491 e. The molecule has 0 fully saturated rings. The van der Waals surface area contributed by atoms with Crippen molar-refractivity contribution >= 4 is 22.5 Å². The Balaban J connectivity index is 2.33. The molecule has 5 nitrogen and oxygen atoms in total. The van der Waals surface area contributed by atoms with Crippen LogP contribution in [0.4, 0.5) is 5.69 Å². The van der Waals surface area contributed by atoms with Crippen molar-refractivity contribution in [3.63, 3.8) is 0 Å². The summed E-state index contributed by atoms with van der Waals surface area (Å²) >= 11 is 0. The minimum atomic E-state index is -0.851. The lowest BCUT2D eigenvalue weighted by atomic mass is 9.99. The number of nitrogens with one attached hydrogen (secondary N) is 1. The Morgan fingerprint density at radius 1 is 1.32 bits per heavy atom. The van der Waals surface area contributed by atoms with Gasteiger partial charge in [-0.2, -0.15) is 0 Å². The van der Waals surface area contributed by atoms with Crippen molar-refractivity contribution in [1.82, 2.24) is 4.98 Å². The van der Waals surface area contributed by atoms with E-state index in [0.717, 1.165) is 23.1 Å². The summed E-state index contributed by atoms with van der Waals surface area (Å²) < 4.78 is 11.3. The summed E-state index contributed by atoms with van der Waals surface area (Å²) in [6.45, 7) is 8.67. The van der Waals surface area contributed by atoms with E-state index < -0.39 is 5.60 Å². The lowest BCUT2D eigenvalue weighted by Crippen LogP contribution is -2.41. The molecular formula is C20H28N2O3. The molecule has 0 saturated heterocycles. The second kappa shape index (κ2) is 8.30. The van der Waals surface area contributed by atoms with Crippen LogP contribution in [-0.4, -0.2) is 30.2 Å². The first-order valence-electron chi connectivity index (χ1n) is 8.78. The van der Waals surface area contributed by atoms with Gasteiger partial charge in [0.05, 0.1) is 12.3 Å². The molecule has 5 heteroatoms. The Hall–Kier alpha value is -2.14. The number of carbonyl (C=O) groups excluding carboxylic acids is 1. The summed E-state index contributed by atoms with van der Waals surface area (Å²) in [4.78, 5) is 17.1. The lowest BCUT2D eigenvalue weighted by Gasteiger charge is -2.26. The van der Waals surface area contributed by atoms with Gasteiger partial charge in [0.2, 0.25) is 0 Å². The maximum Gasteiger partial charge on any atom is 0.256 e. The molecule has 25 heavy (non-hydrogen) atoms. The van der Waals surface area contributed by atoms with E-state index in [9.17, 15) is 4.79 Å². The molecule has 136 valence electrons. The summed E-state index contributed by atoms with van der Waals surface area (Å²) in [5.41, 5.74) is 0.607. The van der Waals surface area contributed by atoms with Crippen LogP contribution >= 0.6 is 0 Å². The highest BCUT2D eigenvalue weighted by molar-refractivity contribution is 6.05. The van der Waals surface area contributed by atoms with Crippen LogP contribution < -0.4 is 10.1 Å². The first kappa shape index (κ1) is 19.2. The average Bonchev–Trinajstić information content (AvgIpc) is 2.60. The van der Waals surface area contributed by atoms with Gasteiger partial charge < -0.3 is 14.8 Å². The van der Waals surface area contributed by atoms with Gasteiger partial charge in [0.15, 0.2) is 0 Å². The summed E-state index contributed by atoms with van der Waals surface area (Å²) in [6.07, 6.45) is 3.25. The number of hydrogen-bond donors (Lipinski definition) is 1. The maximum absolute atomic E-state index is 12.7. The smallest absolute Gasteiger partial charge is 0.256 e. The molecule has 2 rings (SSSR count). The van der Waals surface area contributed by atoms with Crippen molar-refractivity contribution in [2.24, 2.45) is 5.92 Å². The molecule has 0 aliphatic carbocycles. The molecule has 0 unspecified atom stereocenters. The Morgan fingerprint density at radius 2 is 2.08 bits per heavy atom. The van der Waals surface area contributed by atoms with Gasteiger partial charge in [-0.3, -0.25) is 9.78 Å². The molecule has 0 radical (unpaired) electrons. The molecule has 1 amide bonds. The topological polar surface area (TPSA) is 60.5 Å². The van der Waals surface area contributed by atoms with Crippen LogP contribution in [0.5, 0.6) is 5.75 Å². The van der Waals surface area contributed by atoms with Gasteiger partial charge in [-0.05, 0) is 43.5 Å². The molecule has 2 aromatic rings. The molecule has 1 heterocycles. The van der Waals surface area contributed by atoms with Gasteiger partial charge in [-0.15, -0.1) is 0 Å². The fraction of sp³-hybridized carbons (Fsp3) is 0.500. The van der Waals surface area contributed by atoms with E-state index in [1.165, 1.54) is 0 Å². The average molecular weight is 344 g/mol. The van der Waals surface area contributed by atoms with Gasteiger partial charge in [0.1, 0.15) is 16.9 Å². The number of rotatable bonds is 8. The van der Waals surface area contributed by atoms with Crippen LogP contribution in [0.3, 0.4) is 0 Å². The summed E-state index contributed by atoms with van der Waals surface area (Å²) in [5.74, 6) is 0.998. The summed E-state index contributed by atoms with van der Waals surface area (Å²) in [5, 5.41) is 3.85. The second-order valence-electron chi connectivity index (χ2n) is 6.85. The van der Waals surface area contributed by atoms with Crippen molar-refractivity contribution in [3.05, 3.63) is 30.5 Å². The SMILES string of the molecule is CCC[C@](C)(OC)C(=O)Nc1ccc(OCC(C)C)c2ncccc12. The molecule has 1 N–H and O–H groups in total. The summed E-state index contributed by atoms with van der Waals surface area (Å²) in [7, 11) is 1.57. The number of nitrogens with zero attached hydrogens (tertiary/aromatic N) is 1. The first-order chi connectivity index (χ1) is 11.9. The number of methoxy groups -OCH3 is 1. The number of amides is 1. The predicted octanol–water partition coefficient (Wildman–Crippen LogP) is 4.41. The van der Waals surface area contributed by atoms with Gasteiger partial charge in [0.25, 0.3) is 5.91 Å². The Kier molecular flexibility index (Phi) is 6.37. The molecule has 0 aliphatic heterocycles. The number of anilines is 1. The second-order valence-corrected chi connectivity index (χ2v) is 6.85. The number of hydrogen-bond acceptors (Lipinski definition) is 4. The van der Waals surface area contributed by atoms with E-state index in [-0.39, 0.29) is 5.91 Å². The van der Waals surface area contributed by atoms with Crippen molar-refractivity contribution in [1.29, 1.82) is 0 Å². The van der Waals surface area contributed by atoms with Crippen molar-refractivity contribution in [3.8, 4) is 5.75 Å². The van der Waals surface area contributed by atoms with Gasteiger partial charge in [-0.25, -0.2) is 0 Å². The van der Waals surface area contributed by atoms with Crippen LogP contribution in [0.15, 0.2) is 30.5 Å². The molecule has 1 aromatic carbocycles. The normalized spacial score (nSPS) is 13.7. The van der Waals surface area contributed by atoms with Gasteiger partial charge >= 0.3 is 0 Å². The van der Waals surface area contributed by atoms with E-state index in [0.29, 0.717) is 24.6 Å². The highest BCUT2D eigenvalue weighted by Crippen LogP contribution is 2.31. The van der Waals surface area contributed by atoms with Crippen LogP contribution in [-0.2, 0) is 9.53 Å². The lowest BCUT2D eigenvalue weighted by molar-refractivity contribution is -0.136. The van der Waals surface area contributed by atoms with E-state index in [1.54, 1.807) is 13.3 Å². The van der Waals surface area contributed by atoms with Gasteiger partial charge in [-0.1, -0.05) is 27.2 Å². The molecule has 0 aliphatic rings. The Labute approximate surface area is 149 Å².